The van der Waals surface area contributed by atoms with E-state index in [1.165, 1.54) is 23.3 Å². The van der Waals surface area contributed by atoms with E-state index >= 15 is 0 Å². The van der Waals surface area contributed by atoms with Crippen molar-refractivity contribution < 1.29 is 9.72 Å². The van der Waals surface area contributed by atoms with Crippen LogP contribution in [0.2, 0.25) is 0 Å². The van der Waals surface area contributed by atoms with Gasteiger partial charge in [0.1, 0.15) is 11.4 Å². The molecule has 2 aromatic heterocycles. The molecule has 0 aliphatic heterocycles. The lowest BCUT2D eigenvalue weighted by Crippen LogP contribution is -2.16. The molecule has 0 atom stereocenters. The number of nitrogens with zero attached hydrogens (tertiary/aromatic N) is 5. The summed E-state index contributed by atoms with van der Waals surface area (Å²) in [5.41, 5.74) is 0.765. The first-order valence-corrected chi connectivity index (χ1v) is 6.23. The number of rotatable bonds is 5. The van der Waals surface area contributed by atoms with Crippen molar-refractivity contribution in [3.8, 4) is 0 Å². The zero-order chi connectivity index (χ0) is 15.4. The first-order chi connectivity index (χ1) is 9.99. The number of nitro groups is 1. The molecule has 0 bridgehead atoms. The third-order valence-electron chi connectivity index (χ3n) is 2.91. The van der Waals surface area contributed by atoms with Crippen molar-refractivity contribution in [3.63, 3.8) is 0 Å². The number of hydrogen-bond acceptors (Lipinski definition) is 6. The zero-order valence-electron chi connectivity index (χ0n) is 11.6. The molecule has 0 aliphatic rings. The van der Waals surface area contributed by atoms with Gasteiger partial charge < -0.3 is 5.32 Å². The number of amides is 1. The molecule has 0 saturated carbocycles. The monoisotopic (exact) mass is 290 g/mol. The first kappa shape index (κ1) is 14.6. The number of aromatic nitrogens is 4. The van der Waals surface area contributed by atoms with Crippen molar-refractivity contribution in [1.82, 2.24) is 19.7 Å². The Morgan fingerprint density at radius 3 is 2.76 bits per heavy atom. The Labute approximate surface area is 120 Å². The average Bonchev–Trinajstić information content (AvgIpc) is 2.72. The van der Waals surface area contributed by atoms with Crippen LogP contribution in [0.25, 0.3) is 0 Å². The molecule has 110 valence electrons. The summed E-state index contributed by atoms with van der Waals surface area (Å²) in [4.78, 5) is 30.0. The van der Waals surface area contributed by atoms with E-state index in [4.69, 9.17) is 0 Å². The van der Waals surface area contributed by atoms with E-state index in [9.17, 15) is 14.9 Å². The summed E-state index contributed by atoms with van der Waals surface area (Å²) in [6, 6.07) is 0. The van der Waals surface area contributed by atoms with Crippen LogP contribution in [0.3, 0.4) is 0 Å². The maximum Gasteiger partial charge on any atom is 0.312 e. The molecular formula is C12H14N6O3. The summed E-state index contributed by atoms with van der Waals surface area (Å²) in [7, 11) is 0. The average molecular weight is 290 g/mol. The Hall–Kier alpha value is -2.84. The van der Waals surface area contributed by atoms with E-state index in [1.54, 1.807) is 13.8 Å². The second kappa shape index (κ2) is 6.07. The highest BCUT2D eigenvalue weighted by Gasteiger charge is 2.21. The van der Waals surface area contributed by atoms with Crippen molar-refractivity contribution in [2.45, 2.75) is 26.8 Å². The van der Waals surface area contributed by atoms with Crippen LogP contribution >= 0.6 is 0 Å². The normalized spacial score (nSPS) is 10.4. The van der Waals surface area contributed by atoms with Gasteiger partial charge in [-0.1, -0.05) is 0 Å². The topological polar surface area (TPSA) is 116 Å². The minimum Gasteiger partial charge on any atom is -0.309 e. The number of aryl methyl sites for hydroxylation is 2. The summed E-state index contributed by atoms with van der Waals surface area (Å²) in [6.07, 6.45) is 4.55. The van der Waals surface area contributed by atoms with Crippen LogP contribution in [0.1, 0.15) is 17.8 Å². The molecule has 0 aromatic carbocycles. The molecule has 0 saturated heterocycles. The lowest BCUT2D eigenvalue weighted by atomic mass is 10.3. The van der Waals surface area contributed by atoms with Crippen LogP contribution < -0.4 is 5.32 Å². The van der Waals surface area contributed by atoms with Crippen molar-refractivity contribution in [2.24, 2.45) is 0 Å². The number of carbonyl (C=O) groups excluding carboxylic acids is 1. The quantitative estimate of drug-likeness (QED) is 0.654. The third kappa shape index (κ3) is 3.38. The van der Waals surface area contributed by atoms with Gasteiger partial charge in [0.25, 0.3) is 0 Å². The molecule has 0 spiro atoms. The molecule has 2 heterocycles. The fraction of sp³-hybridized carbons (Fsp3) is 0.333. The predicted molar refractivity (Wildman–Crippen MR) is 73.6 cm³/mol. The van der Waals surface area contributed by atoms with E-state index < -0.39 is 4.92 Å². The van der Waals surface area contributed by atoms with E-state index in [-0.39, 0.29) is 24.6 Å². The highest BCUT2D eigenvalue weighted by atomic mass is 16.6. The third-order valence-corrected chi connectivity index (χ3v) is 2.91. The van der Waals surface area contributed by atoms with Gasteiger partial charge in [-0.3, -0.25) is 24.6 Å². The van der Waals surface area contributed by atoms with Gasteiger partial charge in [0.2, 0.25) is 5.91 Å². The SMILES string of the molecule is Cc1nn(CCC(=O)Nc2cnccn2)c(C)c1[N+](=O)[O-]. The lowest BCUT2D eigenvalue weighted by Gasteiger charge is -2.05. The molecule has 2 aromatic rings. The number of anilines is 1. The molecule has 0 aliphatic carbocycles. The van der Waals surface area contributed by atoms with Crippen LogP contribution in [0, 0.1) is 24.0 Å². The summed E-state index contributed by atoms with van der Waals surface area (Å²) in [6.45, 7) is 3.44. The molecular weight excluding hydrogens is 276 g/mol. The first-order valence-electron chi connectivity index (χ1n) is 6.23. The van der Waals surface area contributed by atoms with Crippen LogP contribution in [0.5, 0.6) is 0 Å². The number of hydrogen-bond donors (Lipinski definition) is 1. The fourth-order valence-corrected chi connectivity index (χ4v) is 1.95. The Morgan fingerprint density at radius 1 is 1.43 bits per heavy atom. The van der Waals surface area contributed by atoms with Gasteiger partial charge in [0.05, 0.1) is 17.7 Å². The van der Waals surface area contributed by atoms with Gasteiger partial charge in [-0.2, -0.15) is 5.10 Å². The second-order valence-electron chi connectivity index (χ2n) is 4.39. The molecule has 1 N–H and O–H groups in total. The standard InChI is InChI=1S/C12H14N6O3/c1-8-12(18(20)21)9(2)17(16-8)6-3-11(19)15-10-7-13-4-5-14-10/h4-5,7H,3,6H2,1-2H3,(H,14,15,19). The summed E-state index contributed by atoms with van der Waals surface area (Å²) in [5.74, 6) is 0.104. The van der Waals surface area contributed by atoms with Gasteiger partial charge in [0, 0.05) is 18.8 Å². The fourth-order valence-electron chi connectivity index (χ4n) is 1.95. The number of carbonyl (C=O) groups is 1. The van der Waals surface area contributed by atoms with Crippen molar-refractivity contribution in [2.75, 3.05) is 5.32 Å². The van der Waals surface area contributed by atoms with Gasteiger partial charge in [-0.05, 0) is 13.8 Å². The van der Waals surface area contributed by atoms with Crippen molar-refractivity contribution in [1.29, 1.82) is 0 Å². The maximum atomic E-state index is 11.8. The summed E-state index contributed by atoms with van der Waals surface area (Å²) < 4.78 is 1.46. The van der Waals surface area contributed by atoms with E-state index in [0.717, 1.165) is 0 Å². The van der Waals surface area contributed by atoms with Crippen LogP contribution in [-0.2, 0) is 11.3 Å². The smallest absolute Gasteiger partial charge is 0.309 e. The lowest BCUT2D eigenvalue weighted by molar-refractivity contribution is -0.386. The minimum atomic E-state index is -0.464. The second-order valence-corrected chi connectivity index (χ2v) is 4.39. The van der Waals surface area contributed by atoms with Crippen LogP contribution in [-0.4, -0.2) is 30.6 Å². The molecule has 2 rings (SSSR count). The van der Waals surface area contributed by atoms with E-state index in [0.29, 0.717) is 17.2 Å². The Kier molecular flexibility index (Phi) is 4.21. The van der Waals surface area contributed by atoms with Gasteiger partial charge in [-0.25, -0.2) is 4.98 Å². The molecule has 1 amide bonds. The zero-order valence-corrected chi connectivity index (χ0v) is 11.6. The predicted octanol–water partition coefficient (Wildman–Crippen LogP) is 1.23. The Bertz CT molecular complexity index is 667. The van der Waals surface area contributed by atoms with Gasteiger partial charge in [-0.15, -0.1) is 0 Å². The van der Waals surface area contributed by atoms with Gasteiger partial charge >= 0.3 is 5.69 Å². The summed E-state index contributed by atoms with van der Waals surface area (Å²) in [5, 5.41) is 17.6. The summed E-state index contributed by atoms with van der Waals surface area (Å²) >= 11 is 0. The van der Waals surface area contributed by atoms with Crippen molar-refractivity contribution in [3.05, 3.63) is 40.1 Å². The highest BCUT2D eigenvalue weighted by Crippen LogP contribution is 2.21. The van der Waals surface area contributed by atoms with Crippen LogP contribution in [0.4, 0.5) is 11.5 Å². The minimum absolute atomic E-state index is 0.00988. The molecule has 21 heavy (non-hydrogen) atoms. The Balaban J connectivity index is 1.99. The van der Waals surface area contributed by atoms with Crippen molar-refractivity contribution >= 4 is 17.4 Å². The Morgan fingerprint density at radius 2 is 2.19 bits per heavy atom. The largest absolute Gasteiger partial charge is 0.312 e. The maximum absolute atomic E-state index is 11.8. The number of nitrogens with one attached hydrogen (secondary N) is 1. The van der Waals surface area contributed by atoms with Gasteiger partial charge in [0.15, 0.2) is 5.82 Å². The molecule has 0 radical (unpaired) electrons. The van der Waals surface area contributed by atoms with E-state index in [1.807, 2.05) is 0 Å². The molecule has 0 unspecified atom stereocenters. The molecule has 0 fully saturated rings. The van der Waals surface area contributed by atoms with Crippen LogP contribution in [0.15, 0.2) is 18.6 Å². The molecule has 9 nitrogen and oxygen atoms in total. The van der Waals surface area contributed by atoms with E-state index in [2.05, 4.69) is 20.4 Å². The molecule has 9 heteroatoms. The highest BCUT2D eigenvalue weighted by molar-refractivity contribution is 5.89.